The predicted octanol–water partition coefficient (Wildman–Crippen LogP) is 5.07. The van der Waals surface area contributed by atoms with E-state index in [4.69, 9.17) is 16.3 Å². The van der Waals surface area contributed by atoms with Crippen molar-refractivity contribution < 1.29 is 33.4 Å². The molecule has 0 bridgehead atoms. The summed E-state index contributed by atoms with van der Waals surface area (Å²) >= 11 is 6.09. The second-order valence-electron chi connectivity index (χ2n) is 12.3. The number of hydrogen-bond acceptors (Lipinski definition) is 8. The van der Waals surface area contributed by atoms with Gasteiger partial charge in [0.25, 0.3) is 11.8 Å². The van der Waals surface area contributed by atoms with Gasteiger partial charge in [-0.25, -0.2) is 9.18 Å². The maximum atomic E-state index is 15.3. The zero-order valence-electron chi connectivity index (χ0n) is 28.0. The molecule has 1 atom stereocenters. The molecule has 3 amide bonds. The summed E-state index contributed by atoms with van der Waals surface area (Å²) < 4.78 is 21.9. The number of aromatic carboxylic acids is 1. The minimum Gasteiger partial charge on any atom is -0.478 e. The number of benzene rings is 4. The number of hydrogen-bond donors (Lipinski definition) is 2. The molecule has 0 radical (unpaired) electrons. The number of aromatic nitrogens is 4. The van der Waals surface area contributed by atoms with Gasteiger partial charge in [-0.2, -0.15) is 4.68 Å². The molecule has 13 nitrogen and oxygen atoms in total. The Labute approximate surface area is 307 Å². The van der Waals surface area contributed by atoms with Crippen LogP contribution in [0.2, 0.25) is 5.02 Å². The van der Waals surface area contributed by atoms with E-state index in [1.807, 2.05) is 18.2 Å². The van der Waals surface area contributed by atoms with Crippen molar-refractivity contribution in [2.24, 2.45) is 0 Å². The lowest BCUT2D eigenvalue weighted by atomic mass is 9.85. The first kappa shape index (κ1) is 35.2. The Bertz CT molecular complexity index is 2220. The van der Waals surface area contributed by atoms with E-state index < -0.39 is 29.6 Å². The summed E-state index contributed by atoms with van der Waals surface area (Å²) in [5, 5.41) is 23.0. The van der Waals surface area contributed by atoms with Crippen molar-refractivity contribution in [2.75, 3.05) is 38.2 Å². The normalized spacial score (nSPS) is 15.6. The van der Waals surface area contributed by atoms with Gasteiger partial charge in [0.15, 0.2) is 5.82 Å². The summed E-state index contributed by atoms with van der Waals surface area (Å²) in [5.41, 5.74) is 4.22. The van der Waals surface area contributed by atoms with Crippen LogP contribution in [0.3, 0.4) is 0 Å². The van der Waals surface area contributed by atoms with Crippen molar-refractivity contribution in [3.63, 3.8) is 0 Å². The number of halogens is 2. The number of carbonyl (C=O) groups excluding carboxylic acids is 3. The zero-order valence-corrected chi connectivity index (χ0v) is 28.7. The van der Waals surface area contributed by atoms with E-state index in [-0.39, 0.29) is 34.3 Å². The predicted molar refractivity (Wildman–Crippen MR) is 192 cm³/mol. The van der Waals surface area contributed by atoms with Crippen molar-refractivity contribution in [1.29, 1.82) is 0 Å². The smallest absolute Gasteiger partial charge is 0.335 e. The van der Waals surface area contributed by atoms with Gasteiger partial charge in [-0.15, -0.1) is 5.10 Å². The first-order valence-electron chi connectivity index (χ1n) is 16.6. The van der Waals surface area contributed by atoms with Gasteiger partial charge in [0.05, 0.1) is 29.5 Å². The van der Waals surface area contributed by atoms with E-state index in [0.717, 1.165) is 16.7 Å². The Morgan fingerprint density at radius 1 is 0.925 bits per heavy atom. The number of amides is 3. The fourth-order valence-corrected chi connectivity index (χ4v) is 6.71. The highest BCUT2D eigenvalue weighted by Gasteiger charge is 2.36. The molecule has 4 aromatic carbocycles. The molecule has 3 heterocycles. The molecule has 0 saturated carbocycles. The number of nitrogens with zero attached hydrogens (tertiary/aromatic N) is 6. The summed E-state index contributed by atoms with van der Waals surface area (Å²) in [4.78, 5) is 55.8. The third-order valence-corrected chi connectivity index (χ3v) is 9.48. The number of nitrogens with one attached hydrogen (secondary N) is 1. The summed E-state index contributed by atoms with van der Waals surface area (Å²) in [6, 6.07) is 20.2. The van der Waals surface area contributed by atoms with Crippen LogP contribution in [-0.4, -0.2) is 91.7 Å². The quantitative estimate of drug-likeness (QED) is 0.208. The molecule has 2 aliphatic rings. The first-order valence-corrected chi connectivity index (χ1v) is 17.0. The summed E-state index contributed by atoms with van der Waals surface area (Å²) in [7, 11) is 0. The molecule has 0 aliphatic carbocycles. The molecular weight excluding hydrogens is 705 g/mol. The number of rotatable bonds is 8. The number of fused-ring (bicyclic) bond motifs is 1. The molecule has 0 spiro atoms. The van der Waals surface area contributed by atoms with Gasteiger partial charge < -0.3 is 25.0 Å². The molecule has 1 fully saturated rings. The SMILES string of the molecule is O=C(O)c1ccc(NC(=O)C2c3cccc(-c4ccc(C(=O)N5CCOCC5)cc4)c3CCN2C(=O)/C=C/c2c(-n3cnnn3)ccc(Cl)c2F)cc1. The van der Waals surface area contributed by atoms with E-state index in [2.05, 4.69) is 20.8 Å². The van der Waals surface area contributed by atoms with Gasteiger partial charge in [-0.05, 0) is 93.7 Å². The van der Waals surface area contributed by atoms with Crippen LogP contribution >= 0.6 is 11.6 Å². The Morgan fingerprint density at radius 2 is 1.66 bits per heavy atom. The van der Waals surface area contributed by atoms with Crippen LogP contribution < -0.4 is 5.32 Å². The van der Waals surface area contributed by atoms with Gasteiger partial charge in [0, 0.05) is 42.5 Å². The van der Waals surface area contributed by atoms with Crippen LogP contribution in [0.25, 0.3) is 22.9 Å². The minimum atomic E-state index is -1.12. The third-order valence-electron chi connectivity index (χ3n) is 9.19. The molecule has 2 aliphatic heterocycles. The van der Waals surface area contributed by atoms with E-state index in [9.17, 15) is 24.3 Å². The van der Waals surface area contributed by atoms with Gasteiger partial charge in [-0.3, -0.25) is 14.4 Å². The summed E-state index contributed by atoms with van der Waals surface area (Å²) in [6.07, 6.45) is 4.10. The molecule has 2 N–H and O–H groups in total. The topological polar surface area (TPSA) is 160 Å². The maximum Gasteiger partial charge on any atom is 0.335 e. The van der Waals surface area contributed by atoms with Crippen LogP contribution in [0.5, 0.6) is 0 Å². The third kappa shape index (κ3) is 7.27. The van der Waals surface area contributed by atoms with Crippen LogP contribution in [-0.2, 0) is 20.7 Å². The van der Waals surface area contributed by atoms with Gasteiger partial charge in [0.1, 0.15) is 12.4 Å². The first-order chi connectivity index (χ1) is 25.7. The number of anilines is 1. The largest absolute Gasteiger partial charge is 0.478 e. The highest BCUT2D eigenvalue weighted by Crippen LogP contribution is 2.37. The minimum absolute atomic E-state index is 0.0343. The second-order valence-corrected chi connectivity index (χ2v) is 12.7. The Balaban J connectivity index is 1.22. The van der Waals surface area contributed by atoms with Crippen molar-refractivity contribution in [3.8, 4) is 16.8 Å². The molecule has 1 unspecified atom stereocenters. The van der Waals surface area contributed by atoms with Crippen LogP contribution in [0.15, 0.2) is 91.3 Å². The molecule has 5 aromatic rings. The van der Waals surface area contributed by atoms with E-state index >= 15 is 4.39 Å². The molecule has 15 heteroatoms. The van der Waals surface area contributed by atoms with Crippen LogP contribution in [0.4, 0.5) is 10.1 Å². The van der Waals surface area contributed by atoms with Crippen LogP contribution in [0.1, 0.15) is 43.4 Å². The molecular formula is C38H31ClFN7O6. The van der Waals surface area contributed by atoms with Crippen molar-refractivity contribution in [1.82, 2.24) is 30.0 Å². The number of ether oxygens (including phenoxy) is 1. The lowest BCUT2D eigenvalue weighted by Crippen LogP contribution is -2.45. The maximum absolute atomic E-state index is 15.3. The van der Waals surface area contributed by atoms with Crippen LogP contribution in [0, 0.1) is 5.82 Å². The standard InChI is InChI=1S/C38H31ClFN7O6/c39-31-13-14-32(47-22-41-43-44-47)30(34(31)40)12-15-33(48)46-17-16-28-27(23-4-6-24(7-5-23)37(50)45-18-20-53-21-19-45)2-1-3-29(28)35(46)36(49)42-26-10-8-25(9-11-26)38(51)52/h1-15,22,35H,16-21H2,(H,42,49)(H,51,52)/b15-12+. The number of tetrazole rings is 1. The number of carboxylic acids is 1. The molecule has 1 saturated heterocycles. The van der Waals surface area contributed by atoms with Crippen molar-refractivity contribution in [3.05, 3.63) is 130 Å². The average molecular weight is 736 g/mol. The number of morpholine rings is 1. The second kappa shape index (κ2) is 15.2. The number of carboxylic acid groups (broad SMARTS) is 1. The fraction of sp³-hybridized carbons (Fsp3) is 0.184. The average Bonchev–Trinajstić information content (AvgIpc) is 3.73. The number of carbonyl (C=O) groups is 4. The Morgan fingerprint density at radius 3 is 2.36 bits per heavy atom. The monoisotopic (exact) mass is 735 g/mol. The van der Waals surface area contributed by atoms with Crippen molar-refractivity contribution in [2.45, 2.75) is 12.5 Å². The molecule has 7 rings (SSSR count). The molecule has 1 aromatic heterocycles. The Hall–Kier alpha value is -6.25. The molecule has 53 heavy (non-hydrogen) atoms. The molecule has 268 valence electrons. The van der Waals surface area contributed by atoms with Crippen molar-refractivity contribution >= 4 is 47.1 Å². The van der Waals surface area contributed by atoms with E-state index in [1.54, 1.807) is 29.2 Å². The Kier molecular flexibility index (Phi) is 10.1. The van der Waals surface area contributed by atoms with E-state index in [1.165, 1.54) is 64.5 Å². The highest BCUT2D eigenvalue weighted by molar-refractivity contribution is 6.31. The highest BCUT2D eigenvalue weighted by atomic mass is 35.5. The summed E-state index contributed by atoms with van der Waals surface area (Å²) in [6.45, 7) is 2.18. The van der Waals surface area contributed by atoms with Gasteiger partial charge >= 0.3 is 5.97 Å². The van der Waals surface area contributed by atoms with E-state index in [0.29, 0.717) is 49.5 Å². The zero-order chi connectivity index (χ0) is 37.1. The lowest BCUT2D eigenvalue weighted by Gasteiger charge is -2.37. The van der Waals surface area contributed by atoms with Gasteiger partial charge in [0.2, 0.25) is 5.91 Å². The van der Waals surface area contributed by atoms with Gasteiger partial charge in [-0.1, -0.05) is 41.9 Å². The lowest BCUT2D eigenvalue weighted by molar-refractivity contribution is -0.135. The fourth-order valence-electron chi connectivity index (χ4n) is 6.54. The summed E-state index contributed by atoms with van der Waals surface area (Å²) in [5.74, 6) is -3.08.